The van der Waals surface area contributed by atoms with Gasteiger partial charge in [0.1, 0.15) is 11.3 Å². The first kappa shape index (κ1) is 18.7. The van der Waals surface area contributed by atoms with E-state index >= 15 is 0 Å². The van der Waals surface area contributed by atoms with Gasteiger partial charge in [-0.25, -0.2) is 9.97 Å². The molecule has 0 fully saturated rings. The minimum atomic E-state index is -0.0670. The molecule has 3 aromatic heterocycles. The number of imidazole rings is 1. The van der Waals surface area contributed by atoms with E-state index in [9.17, 15) is 4.79 Å². The molecule has 1 amide bonds. The van der Waals surface area contributed by atoms with Gasteiger partial charge in [-0.2, -0.15) is 0 Å². The minimum absolute atomic E-state index is 0.0670. The lowest BCUT2D eigenvalue weighted by Gasteiger charge is -2.09. The van der Waals surface area contributed by atoms with Crippen molar-refractivity contribution in [1.82, 2.24) is 14.5 Å². The molecule has 0 spiro atoms. The number of halogens is 1. The van der Waals surface area contributed by atoms with Crippen molar-refractivity contribution < 1.29 is 4.79 Å². The summed E-state index contributed by atoms with van der Waals surface area (Å²) in [5.41, 5.74) is 3.38. The number of carbonyl (C=O) groups is 1. The maximum atomic E-state index is 12.4. The number of hydrogen-bond acceptors (Lipinski definition) is 4. The first-order chi connectivity index (χ1) is 13.6. The van der Waals surface area contributed by atoms with Crippen molar-refractivity contribution in [3.63, 3.8) is 0 Å². The zero-order valence-corrected chi connectivity index (χ0v) is 16.9. The van der Waals surface area contributed by atoms with Crippen LogP contribution in [0.1, 0.15) is 22.7 Å². The van der Waals surface area contributed by atoms with Crippen molar-refractivity contribution in [3.8, 4) is 0 Å². The molecule has 0 saturated heterocycles. The van der Waals surface area contributed by atoms with E-state index < -0.39 is 0 Å². The highest BCUT2D eigenvalue weighted by molar-refractivity contribution is 7.09. The van der Waals surface area contributed by atoms with Crippen LogP contribution in [0.3, 0.4) is 0 Å². The third-order valence-corrected chi connectivity index (χ3v) is 5.78. The number of anilines is 1. The third kappa shape index (κ3) is 4.08. The van der Waals surface area contributed by atoms with Crippen LogP contribution in [0.25, 0.3) is 11.2 Å². The van der Waals surface area contributed by atoms with Crippen LogP contribution < -0.4 is 5.32 Å². The van der Waals surface area contributed by atoms with Gasteiger partial charge in [-0.05, 0) is 48.2 Å². The highest BCUT2D eigenvalue weighted by Crippen LogP contribution is 2.21. The first-order valence-corrected chi connectivity index (χ1v) is 10.2. The maximum Gasteiger partial charge on any atom is 0.224 e. The van der Waals surface area contributed by atoms with Gasteiger partial charge in [-0.1, -0.05) is 23.7 Å². The normalized spacial score (nSPS) is 11.1. The Bertz CT molecular complexity index is 1120. The zero-order chi connectivity index (χ0) is 19.5. The molecular formula is C21H19ClN4OS. The average molecular weight is 411 g/mol. The summed E-state index contributed by atoms with van der Waals surface area (Å²) in [6.45, 7) is 2.63. The lowest BCUT2D eigenvalue weighted by molar-refractivity contribution is -0.116. The molecule has 4 aromatic rings. The molecule has 4 rings (SSSR count). The SMILES string of the molecule is Cc1ccc(NC(=O)CCc2nc3cccnc3n2Cc2cccs2)cc1Cl. The number of carbonyl (C=O) groups excluding carboxylic acids is 1. The summed E-state index contributed by atoms with van der Waals surface area (Å²) in [6.07, 6.45) is 2.64. The molecule has 0 aliphatic heterocycles. The number of fused-ring (bicyclic) bond motifs is 1. The van der Waals surface area contributed by atoms with Gasteiger partial charge in [0.2, 0.25) is 5.91 Å². The summed E-state index contributed by atoms with van der Waals surface area (Å²) < 4.78 is 2.09. The van der Waals surface area contributed by atoms with E-state index in [-0.39, 0.29) is 5.91 Å². The van der Waals surface area contributed by atoms with Crippen molar-refractivity contribution in [2.24, 2.45) is 0 Å². The molecule has 0 aliphatic carbocycles. The molecule has 0 aliphatic rings. The van der Waals surface area contributed by atoms with E-state index in [1.807, 2.05) is 37.3 Å². The lowest BCUT2D eigenvalue weighted by atomic mass is 10.2. The van der Waals surface area contributed by atoms with Gasteiger partial charge >= 0.3 is 0 Å². The number of amides is 1. The van der Waals surface area contributed by atoms with E-state index in [0.29, 0.717) is 30.1 Å². The molecule has 0 saturated carbocycles. The van der Waals surface area contributed by atoms with Crippen LogP contribution in [-0.2, 0) is 17.8 Å². The maximum absolute atomic E-state index is 12.4. The van der Waals surface area contributed by atoms with E-state index in [1.165, 1.54) is 4.88 Å². The molecule has 0 radical (unpaired) electrons. The summed E-state index contributed by atoms with van der Waals surface area (Å²) in [7, 11) is 0. The molecule has 142 valence electrons. The van der Waals surface area contributed by atoms with Gasteiger partial charge < -0.3 is 9.88 Å². The minimum Gasteiger partial charge on any atom is -0.326 e. The third-order valence-electron chi connectivity index (χ3n) is 4.51. The van der Waals surface area contributed by atoms with Crippen LogP contribution in [0.15, 0.2) is 54.0 Å². The van der Waals surface area contributed by atoms with Crippen LogP contribution in [0.2, 0.25) is 5.02 Å². The van der Waals surface area contributed by atoms with Crippen molar-refractivity contribution in [2.45, 2.75) is 26.3 Å². The van der Waals surface area contributed by atoms with Crippen molar-refractivity contribution in [1.29, 1.82) is 0 Å². The molecule has 1 aromatic carbocycles. The molecular weight excluding hydrogens is 392 g/mol. The highest BCUT2D eigenvalue weighted by atomic mass is 35.5. The smallest absolute Gasteiger partial charge is 0.224 e. The Balaban J connectivity index is 1.50. The van der Waals surface area contributed by atoms with Gasteiger partial charge in [0.25, 0.3) is 0 Å². The topological polar surface area (TPSA) is 59.8 Å². The number of aromatic nitrogens is 3. The average Bonchev–Trinajstić information content (AvgIpc) is 3.32. The van der Waals surface area contributed by atoms with Crippen LogP contribution in [0.5, 0.6) is 0 Å². The van der Waals surface area contributed by atoms with Gasteiger partial charge in [0.05, 0.1) is 6.54 Å². The molecule has 28 heavy (non-hydrogen) atoms. The number of nitrogens with one attached hydrogen (secondary N) is 1. The summed E-state index contributed by atoms with van der Waals surface area (Å²) in [4.78, 5) is 22.8. The molecule has 0 unspecified atom stereocenters. The highest BCUT2D eigenvalue weighted by Gasteiger charge is 2.14. The van der Waals surface area contributed by atoms with Gasteiger partial charge in [0, 0.05) is 34.6 Å². The predicted molar refractivity (Wildman–Crippen MR) is 114 cm³/mol. The zero-order valence-electron chi connectivity index (χ0n) is 15.4. The fourth-order valence-corrected chi connectivity index (χ4v) is 3.91. The molecule has 0 bridgehead atoms. The van der Waals surface area contributed by atoms with Crippen molar-refractivity contribution in [2.75, 3.05) is 5.32 Å². The molecule has 5 nitrogen and oxygen atoms in total. The Kier molecular flexibility index (Phi) is 5.41. The van der Waals surface area contributed by atoms with Crippen molar-refractivity contribution >= 4 is 45.7 Å². The number of aryl methyl sites for hydroxylation is 2. The van der Waals surface area contributed by atoms with E-state index in [2.05, 4.69) is 26.3 Å². The van der Waals surface area contributed by atoms with Gasteiger partial charge in [0.15, 0.2) is 5.65 Å². The van der Waals surface area contributed by atoms with E-state index in [4.69, 9.17) is 16.6 Å². The van der Waals surface area contributed by atoms with E-state index in [1.54, 1.807) is 23.6 Å². The van der Waals surface area contributed by atoms with Crippen LogP contribution >= 0.6 is 22.9 Å². The summed E-state index contributed by atoms with van der Waals surface area (Å²) in [5.74, 6) is 0.793. The molecule has 1 N–H and O–H groups in total. The lowest BCUT2D eigenvalue weighted by Crippen LogP contribution is -2.14. The predicted octanol–water partition coefficient (Wildman–Crippen LogP) is 5.07. The van der Waals surface area contributed by atoms with Crippen LogP contribution in [0.4, 0.5) is 5.69 Å². The number of rotatable bonds is 6. The first-order valence-electron chi connectivity index (χ1n) is 8.98. The summed E-state index contributed by atoms with van der Waals surface area (Å²) in [5, 5.41) is 5.60. The van der Waals surface area contributed by atoms with E-state index in [0.717, 1.165) is 22.6 Å². The fourth-order valence-electron chi connectivity index (χ4n) is 3.04. The van der Waals surface area contributed by atoms with Gasteiger partial charge in [-0.15, -0.1) is 11.3 Å². The largest absolute Gasteiger partial charge is 0.326 e. The number of thiophene rings is 1. The summed E-state index contributed by atoms with van der Waals surface area (Å²) >= 11 is 7.83. The Morgan fingerprint density at radius 3 is 2.93 bits per heavy atom. The Labute approximate surface area is 172 Å². The number of benzene rings is 1. The second kappa shape index (κ2) is 8.12. The van der Waals surface area contributed by atoms with Crippen LogP contribution in [-0.4, -0.2) is 20.4 Å². The molecule has 7 heteroatoms. The Morgan fingerprint density at radius 1 is 1.25 bits per heavy atom. The monoisotopic (exact) mass is 410 g/mol. The van der Waals surface area contributed by atoms with Crippen molar-refractivity contribution in [3.05, 3.63) is 75.3 Å². The second-order valence-electron chi connectivity index (χ2n) is 6.55. The van der Waals surface area contributed by atoms with Gasteiger partial charge in [-0.3, -0.25) is 4.79 Å². The molecule has 0 atom stereocenters. The quantitative estimate of drug-likeness (QED) is 0.482. The number of nitrogens with zero attached hydrogens (tertiary/aromatic N) is 3. The summed E-state index contributed by atoms with van der Waals surface area (Å²) in [6, 6.07) is 13.5. The Morgan fingerprint density at radius 2 is 2.14 bits per heavy atom. The number of pyridine rings is 1. The standard InChI is InChI=1S/C21H19ClN4OS/c1-14-6-7-15(12-17(14)22)24-20(27)9-8-19-25-18-5-2-10-23-21(18)26(19)13-16-4-3-11-28-16/h2-7,10-12H,8-9,13H2,1H3,(H,24,27). The molecule has 3 heterocycles. The van der Waals surface area contributed by atoms with Crippen LogP contribution in [0, 0.1) is 6.92 Å². The fraction of sp³-hybridized carbons (Fsp3) is 0.190. The number of hydrogen-bond donors (Lipinski definition) is 1. The second-order valence-corrected chi connectivity index (χ2v) is 7.99. The Hall–Kier alpha value is -2.70.